The second-order valence-electron chi connectivity index (χ2n) is 3.28. The van der Waals surface area contributed by atoms with E-state index in [1.807, 2.05) is 25.1 Å². The van der Waals surface area contributed by atoms with Crippen molar-refractivity contribution in [2.45, 2.75) is 6.92 Å². The summed E-state index contributed by atoms with van der Waals surface area (Å²) in [4.78, 5) is 0. The average molecular weight is 210 g/mol. The van der Waals surface area contributed by atoms with Crippen molar-refractivity contribution in [1.82, 2.24) is 0 Å². The summed E-state index contributed by atoms with van der Waals surface area (Å²) in [5, 5.41) is 23.7. The fourth-order valence-corrected chi connectivity index (χ4v) is 1.40. The second-order valence-corrected chi connectivity index (χ2v) is 3.28. The van der Waals surface area contributed by atoms with Gasteiger partial charge in [-0.25, -0.2) is 0 Å². The number of aliphatic hydroxyl groups is 2. The lowest BCUT2D eigenvalue weighted by Gasteiger charge is -2.13. The highest BCUT2D eigenvalue weighted by atomic mass is 16.3. The van der Waals surface area contributed by atoms with Crippen molar-refractivity contribution >= 4 is 11.4 Å². The van der Waals surface area contributed by atoms with Gasteiger partial charge in [0.2, 0.25) is 0 Å². The molecule has 0 spiro atoms. The van der Waals surface area contributed by atoms with Crippen molar-refractivity contribution in [3.05, 3.63) is 23.8 Å². The van der Waals surface area contributed by atoms with Crippen molar-refractivity contribution in [2.75, 3.05) is 36.9 Å². The summed E-state index contributed by atoms with van der Waals surface area (Å²) in [7, 11) is 0. The maximum Gasteiger partial charge on any atom is 0.0604 e. The number of benzene rings is 1. The minimum atomic E-state index is 0.119. The van der Waals surface area contributed by atoms with E-state index in [0.29, 0.717) is 13.1 Å². The standard InChI is InChI=1S/C11H18N2O2/c1-9-10(12-5-7-14)3-2-4-11(9)13-6-8-15/h2-4,12-15H,5-8H2,1H3. The lowest BCUT2D eigenvalue weighted by Crippen LogP contribution is -2.10. The van der Waals surface area contributed by atoms with Crippen LogP contribution in [0.3, 0.4) is 0 Å². The fourth-order valence-electron chi connectivity index (χ4n) is 1.40. The molecule has 0 atom stereocenters. The molecule has 0 bridgehead atoms. The molecular weight excluding hydrogens is 192 g/mol. The monoisotopic (exact) mass is 210 g/mol. The van der Waals surface area contributed by atoms with E-state index >= 15 is 0 Å². The zero-order valence-corrected chi connectivity index (χ0v) is 8.95. The quantitative estimate of drug-likeness (QED) is 0.561. The van der Waals surface area contributed by atoms with Gasteiger partial charge in [-0.15, -0.1) is 0 Å². The van der Waals surface area contributed by atoms with Crippen LogP contribution in [0.25, 0.3) is 0 Å². The molecule has 1 aromatic carbocycles. The summed E-state index contributed by atoms with van der Waals surface area (Å²) < 4.78 is 0. The number of anilines is 2. The van der Waals surface area contributed by atoms with E-state index in [1.54, 1.807) is 0 Å². The third kappa shape index (κ3) is 3.42. The molecule has 4 N–H and O–H groups in total. The summed E-state index contributed by atoms with van der Waals surface area (Å²) in [6.07, 6.45) is 0. The van der Waals surface area contributed by atoms with Crippen LogP contribution in [0.15, 0.2) is 18.2 Å². The second kappa shape index (κ2) is 6.27. The van der Waals surface area contributed by atoms with Crippen molar-refractivity contribution < 1.29 is 10.2 Å². The van der Waals surface area contributed by atoms with Gasteiger partial charge in [-0.2, -0.15) is 0 Å². The number of nitrogens with one attached hydrogen (secondary N) is 2. The SMILES string of the molecule is Cc1c(NCCO)cccc1NCCO. The first kappa shape index (κ1) is 11.8. The highest BCUT2D eigenvalue weighted by Crippen LogP contribution is 2.22. The van der Waals surface area contributed by atoms with Crippen LogP contribution >= 0.6 is 0 Å². The first-order valence-corrected chi connectivity index (χ1v) is 5.08. The third-order valence-corrected chi connectivity index (χ3v) is 2.19. The Morgan fingerprint density at radius 3 is 1.87 bits per heavy atom. The van der Waals surface area contributed by atoms with Crippen molar-refractivity contribution in [2.24, 2.45) is 0 Å². The van der Waals surface area contributed by atoms with E-state index in [2.05, 4.69) is 10.6 Å². The number of aliphatic hydroxyl groups excluding tert-OH is 2. The molecule has 0 aliphatic heterocycles. The summed E-state index contributed by atoms with van der Waals surface area (Å²) >= 11 is 0. The minimum absolute atomic E-state index is 0.119. The van der Waals surface area contributed by atoms with Crippen LogP contribution in [-0.4, -0.2) is 36.5 Å². The molecule has 0 amide bonds. The Kier molecular flexibility index (Phi) is 4.93. The summed E-state index contributed by atoms with van der Waals surface area (Å²) in [5.74, 6) is 0. The Hall–Kier alpha value is -1.26. The molecule has 1 rings (SSSR count). The van der Waals surface area contributed by atoms with Crippen molar-refractivity contribution in [1.29, 1.82) is 0 Å². The van der Waals surface area contributed by atoms with E-state index in [1.165, 1.54) is 0 Å². The summed E-state index contributed by atoms with van der Waals surface area (Å²) in [6.45, 7) is 3.33. The zero-order valence-electron chi connectivity index (χ0n) is 8.95. The molecule has 0 heterocycles. The van der Waals surface area contributed by atoms with Gasteiger partial charge in [0.05, 0.1) is 13.2 Å². The van der Waals surface area contributed by atoms with Crippen LogP contribution in [0.5, 0.6) is 0 Å². The Bertz CT molecular complexity index is 276. The van der Waals surface area contributed by atoms with Crippen molar-refractivity contribution in [3.8, 4) is 0 Å². The van der Waals surface area contributed by atoms with Crippen LogP contribution in [0.1, 0.15) is 5.56 Å². The van der Waals surface area contributed by atoms with Gasteiger partial charge in [0.15, 0.2) is 0 Å². The fraction of sp³-hybridized carbons (Fsp3) is 0.455. The Balaban J connectivity index is 2.71. The molecule has 1 aromatic rings. The molecule has 4 heteroatoms. The summed E-state index contributed by atoms with van der Waals surface area (Å²) in [5.41, 5.74) is 3.11. The molecule has 0 fully saturated rings. The number of hydrogen-bond donors (Lipinski definition) is 4. The van der Waals surface area contributed by atoms with Gasteiger partial charge in [0.25, 0.3) is 0 Å². The molecule has 0 unspecified atom stereocenters. The van der Waals surface area contributed by atoms with Crippen molar-refractivity contribution in [3.63, 3.8) is 0 Å². The van der Waals surface area contributed by atoms with Crippen LogP contribution in [0.4, 0.5) is 11.4 Å². The Labute approximate surface area is 89.9 Å². The van der Waals surface area contributed by atoms with E-state index in [-0.39, 0.29) is 13.2 Å². The Morgan fingerprint density at radius 1 is 1.00 bits per heavy atom. The normalized spacial score (nSPS) is 10.1. The smallest absolute Gasteiger partial charge is 0.0604 e. The highest BCUT2D eigenvalue weighted by molar-refractivity contribution is 5.64. The van der Waals surface area contributed by atoms with Gasteiger partial charge in [-0.05, 0) is 24.6 Å². The topological polar surface area (TPSA) is 64.5 Å². The molecule has 0 radical (unpaired) electrons. The van der Waals surface area contributed by atoms with Gasteiger partial charge in [-0.3, -0.25) is 0 Å². The van der Waals surface area contributed by atoms with E-state index in [0.717, 1.165) is 16.9 Å². The molecular formula is C11H18N2O2. The number of rotatable bonds is 6. The third-order valence-electron chi connectivity index (χ3n) is 2.19. The largest absolute Gasteiger partial charge is 0.395 e. The maximum atomic E-state index is 8.72. The molecule has 0 saturated carbocycles. The van der Waals surface area contributed by atoms with Gasteiger partial charge in [0, 0.05) is 24.5 Å². The zero-order chi connectivity index (χ0) is 11.1. The predicted molar refractivity (Wildman–Crippen MR) is 62.3 cm³/mol. The lowest BCUT2D eigenvalue weighted by atomic mass is 10.1. The highest BCUT2D eigenvalue weighted by Gasteiger charge is 2.01. The number of hydrogen-bond acceptors (Lipinski definition) is 4. The first-order valence-electron chi connectivity index (χ1n) is 5.08. The molecule has 0 aliphatic rings. The molecule has 84 valence electrons. The van der Waals surface area contributed by atoms with Gasteiger partial charge in [0.1, 0.15) is 0 Å². The van der Waals surface area contributed by atoms with Gasteiger partial charge < -0.3 is 20.8 Å². The van der Waals surface area contributed by atoms with Crippen LogP contribution in [0.2, 0.25) is 0 Å². The van der Waals surface area contributed by atoms with E-state index in [9.17, 15) is 0 Å². The van der Waals surface area contributed by atoms with E-state index < -0.39 is 0 Å². The van der Waals surface area contributed by atoms with Crippen LogP contribution in [0, 0.1) is 6.92 Å². The lowest BCUT2D eigenvalue weighted by molar-refractivity contribution is 0.311. The molecule has 0 aromatic heterocycles. The molecule has 4 nitrogen and oxygen atoms in total. The molecule has 0 saturated heterocycles. The molecule has 15 heavy (non-hydrogen) atoms. The van der Waals surface area contributed by atoms with Crippen LogP contribution in [-0.2, 0) is 0 Å². The molecule has 0 aliphatic carbocycles. The first-order chi connectivity index (χ1) is 7.29. The minimum Gasteiger partial charge on any atom is -0.395 e. The van der Waals surface area contributed by atoms with Crippen LogP contribution < -0.4 is 10.6 Å². The maximum absolute atomic E-state index is 8.72. The van der Waals surface area contributed by atoms with Gasteiger partial charge in [-0.1, -0.05) is 6.07 Å². The van der Waals surface area contributed by atoms with Gasteiger partial charge >= 0.3 is 0 Å². The average Bonchev–Trinajstić information content (AvgIpc) is 2.26. The Morgan fingerprint density at radius 2 is 1.47 bits per heavy atom. The summed E-state index contributed by atoms with van der Waals surface area (Å²) in [6, 6.07) is 5.87. The predicted octanol–water partition coefficient (Wildman–Crippen LogP) is 0.803. The van der Waals surface area contributed by atoms with E-state index in [4.69, 9.17) is 10.2 Å².